The van der Waals surface area contributed by atoms with Crippen LogP contribution in [0.1, 0.15) is 30.9 Å². The quantitative estimate of drug-likeness (QED) is 0.633. The maximum absolute atomic E-state index is 12.9. The van der Waals surface area contributed by atoms with E-state index in [2.05, 4.69) is 17.4 Å². The number of thioether (sulfide) groups is 1. The third-order valence-electron chi connectivity index (χ3n) is 4.40. The zero-order valence-electron chi connectivity index (χ0n) is 16.1. The molecule has 0 aromatic heterocycles. The second kappa shape index (κ2) is 11.4. The van der Waals surface area contributed by atoms with Gasteiger partial charge in [-0.15, -0.1) is 0 Å². The number of hydrogen-bond donors (Lipinski definition) is 1. The van der Waals surface area contributed by atoms with E-state index < -0.39 is 6.04 Å². The molecular weight excluding hydrogens is 356 g/mol. The lowest BCUT2D eigenvalue weighted by Gasteiger charge is -2.30. The fraction of sp³-hybridized carbons (Fsp3) is 0.364. The molecule has 1 unspecified atom stereocenters. The predicted molar refractivity (Wildman–Crippen MR) is 112 cm³/mol. The first-order valence-electron chi connectivity index (χ1n) is 9.32. The Bertz CT molecular complexity index is 707. The molecule has 0 bridgehead atoms. The summed E-state index contributed by atoms with van der Waals surface area (Å²) in [7, 11) is 1.62. The molecule has 0 spiro atoms. The van der Waals surface area contributed by atoms with E-state index in [1.807, 2.05) is 55.5 Å². The number of nitrogens with one attached hydrogen (secondary N) is 1. The molecule has 2 aromatic rings. The predicted octanol–water partition coefficient (Wildman–Crippen LogP) is 3.86. The fourth-order valence-electron chi connectivity index (χ4n) is 2.93. The van der Waals surface area contributed by atoms with Crippen LogP contribution < -0.4 is 5.32 Å². The second-order valence-electron chi connectivity index (χ2n) is 6.33. The molecular formula is C22H28N2O2S. The van der Waals surface area contributed by atoms with Gasteiger partial charge in [0.15, 0.2) is 0 Å². The molecule has 0 saturated carbocycles. The van der Waals surface area contributed by atoms with Crippen LogP contribution >= 0.6 is 11.8 Å². The highest BCUT2D eigenvalue weighted by molar-refractivity contribution is 7.98. The summed E-state index contributed by atoms with van der Waals surface area (Å²) >= 11 is 1.74. The van der Waals surface area contributed by atoms with Crippen LogP contribution in [0.15, 0.2) is 60.7 Å². The molecule has 0 radical (unpaired) electrons. The molecule has 144 valence electrons. The van der Waals surface area contributed by atoms with E-state index in [9.17, 15) is 9.59 Å². The van der Waals surface area contributed by atoms with E-state index >= 15 is 0 Å². The van der Waals surface area contributed by atoms with Crippen LogP contribution in [0.4, 0.5) is 0 Å². The molecule has 2 amide bonds. The number of carbonyl (C=O) groups excluding carboxylic acids is 2. The van der Waals surface area contributed by atoms with E-state index in [4.69, 9.17) is 0 Å². The summed E-state index contributed by atoms with van der Waals surface area (Å²) in [5.41, 5.74) is 2.29. The smallest absolute Gasteiger partial charge is 0.242 e. The van der Waals surface area contributed by atoms with Gasteiger partial charge < -0.3 is 10.2 Å². The van der Waals surface area contributed by atoms with Crippen molar-refractivity contribution in [3.05, 3.63) is 71.8 Å². The van der Waals surface area contributed by atoms with Gasteiger partial charge in [0.05, 0.1) is 0 Å². The molecule has 1 N–H and O–H groups in total. The van der Waals surface area contributed by atoms with Crippen molar-refractivity contribution in [3.8, 4) is 0 Å². The van der Waals surface area contributed by atoms with Gasteiger partial charge in [-0.1, -0.05) is 67.6 Å². The van der Waals surface area contributed by atoms with Gasteiger partial charge in [0.1, 0.15) is 6.04 Å². The SMILES string of the molecule is CCC(C(=O)NC)N(Cc1ccccc1)C(=O)CCSCc1ccccc1. The van der Waals surface area contributed by atoms with Crippen LogP contribution in [0.2, 0.25) is 0 Å². The zero-order valence-corrected chi connectivity index (χ0v) is 16.9. The first-order valence-corrected chi connectivity index (χ1v) is 10.5. The summed E-state index contributed by atoms with van der Waals surface area (Å²) < 4.78 is 0. The average Bonchev–Trinajstić information content (AvgIpc) is 2.72. The molecule has 0 aliphatic heterocycles. The monoisotopic (exact) mass is 384 g/mol. The standard InChI is InChI=1S/C22H28N2O2S/c1-3-20(22(26)23-2)24(16-18-10-6-4-7-11-18)21(25)14-15-27-17-19-12-8-5-9-13-19/h4-13,20H,3,14-17H2,1-2H3,(H,23,26). The minimum absolute atomic E-state index is 0.0230. The maximum Gasteiger partial charge on any atom is 0.242 e. The summed E-state index contributed by atoms with van der Waals surface area (Å²) in [6.07, 6.45) is 1.02. The number of likely N-dealkylation sites (N-methyl/N-ethyl adjacent to an activating group) is 1. The summed E-state index contributed by atoms with van der Waals surface area (Å²) in [4.78, 5) is 26.9. The molecule has 0 saturated heterocycles. The van der Waals surface area contributed by atoms with E-state index in [-0.39, 0.29) is 11.8 Å². The summed E-state index contributed by atoms with van der Waals surface area (Å²) in [5.74, 6) is 1.54. The number of benzene rings is 2. The van der Waals surface area contributed by atoms with Crippen LogP contribution in [0.25, 0.3) is 0 Å². The molecule has 27 heavy (non-hydrogen) atoms. The highest BCUT2D eigenvalue weighted by atomic mass is 32.2. The lowest BCUT2D eigenvalue weighted by Crippen LogP contribution is -2.48. The van der Waals surface area contributed by atoms with Crippen molar-refractivity contribution < 1.29 is 9.59 Å². The van der Waals surface area contributed by atoms with Gasteiger partial charge in [0.2, 0.25) is 11.8 Å². The lowest BCUT2D eigenvalue weighted by molar-refractivity contribution is -0.140. The average molecular weight is 385 g/mol. The van der Waals surface area contributed by atoms with E-state index in [1.54, 1.807) is 23.7 Å². The van der Waals surface area contributed by atoms with Crippen LogP contribution in [0.3, 0.4) is 0 Å². The van der Waals surface area contributed by atoms with Crippen LogP contribution in [0, 0.1) is 0 Å². The van der Waals surface area contributed by atoms with Crippen molar-refractivity contribution >= 4 is 23.6 Å². The van der Waals surface area contributed by atoms with Crippen LogP contribution in [-0.2, 0) is 21.9 Å². The van der Waals surface area contributed by atoms with Gasteiger partial charge in [-0.2, -0.15) is 11.8 Å². The van der Waals surface area contributed by atoms with Gasteiger partial charge >= 0.3 is 0 Å². The van der Waals surface area contributed by atoms with Gasteiger partial charge in [-0.05, 0) is 17.5 Å². The summed E-state index contributed by atoms with van der Waals surface area (Å²) in [6, 6.07) is 19.6. The number of hydrogen-bond acceptors (Lipinski definition) is 3. The van der Waals surface area contributed by atoms with Gasteiger partial charge in [0, 0.05) is 31.5 Å². The molecule has 0 fully saturated rings. The third kappa shape index (κ3) is 6.75. The molecule has 4 nitrogen and oxygen atoms in total. The molecule has 2 aromatic carbocycles. The fourth-order valence-corrected chi connectivity index (χ4v) is 3.83. The maximum atomic E-state index is 12.9. The molecule has 5 heteroatoms. The minimum atomic E-state index is -0.443. The number of amides is 2. The Hall–Kier alpha value is -2.27. The highest BCUT2D eigenvalue weighted by Crippen LogP contribution is 2.17. The second-order valence-corrected chi connectivity index (χ2v) is 7.44. The number of carbonyl (C=O) groups is 2. The summed E-state index contributed by atoms with van der Waals surface area (Å²) in [6.45, 7) is 2.39. The Morgan fingerprint density at radius 3 is 2.15 bits per heavy atom. The Morgan fingerprint density at radius 1 is 1.00 bits per heavy atom. The first-order chi connectivity index (χ1) is 13.2. The Labute approximate surface area is 166 Å². The van der Waals surface area contributed by atoms with Crippen molar-refractivity contribution in [2.45, 2.75) is 38.1 Å². The van der Waals surface area contributed by atoms with Crippen molar-refractivity contribution in [2.24, 2.45) is 0 Å². The molecule has 2 rings (SSSR count). The topological polar surface area (TPSA) is 49.4 Å². The van der Waals surface area contributed by atoms with E-state index in [1.165, 1.54) is 5.56 Å². The van der Waals surface area contributed by atoms with Crippen molar-refractivity contribution in [2.75, 3.05) is 12.8 Å². The lowest BCUT2D eigenvalue weighted by atomic mass is 10.1. The highest BCUT2D eigenvalue weighted by Gasteiger charge is 2.27. The Balaban J connectivity index is 1.98. The minimum Gasteiger partial charge on any atom is -0.357 e. The first kappa shape index (κ1) is 21.0. The molecule has 0 aliphatic carbocycles. The van der Waals surface area contributed by atoms with Crippen molar-refractivity contribution in [1.82, 2.24) is 10.2 Å². The van der Waals surface area contributed by atoms with Gasteiger partial charge in [-0.25, -0.2) is 0 Å². The van der Waals surface area contributed by atoms with Gasteiger partial charge in [0.25, 0.3) is 0 Å². The van der Waals surface area contributed by atoms with Crippen LogP contribution in [-0.4, -0.2) is 35.6 Å². The van der Waals surface area contributed by atoms with Crippen molar-refractivity contribution in [1.29, 1.82) is 0 Å². The third-order valence-corrected chi connectivity index (χ3v) is 5.43. The van der Waals surface area contributed by atoms with E-state index in [0.717, 1.165) is 17.1 Å². The molecule has 1 atom stereocenters. The normalized spacial score (nSPS) is 11.6. The summed E-state index contributed by atoms with van der Waals surface area (Å²) in [5, 5.41) is 2.69. The van der Waals surface area contributed by atoms with Crippen molar-refractivity contribution in [3.63, 3.8) is 0 Å². The molecule has 0 heterocycles. The number of nitrogens with zero attached hydrogens (tertiary/aromatic N) is 1. The Kier molecular flexibility index (Phi) is 8.92. The molecule has 0 aliphatic rings. The zero-order chi connectivity index (χ0) is 19.5. The Morgan fingerprint density at radius 2 is 1.59 bits per heavy atom. The van der Waals surface area contributed by atoms with Crippen LogP contribution in [0.5, 0.6) is 0 Å². The van der Waals surface area contributed by atoms with Gasteiger partial charge in [-0.3, -0.25) is 9.59 Å². The largest absolute Gasteiger partial charge is 0.357 e. The number of rotatable bonds is 10. The van der Waals surface area contributed by atoms with E-state index in [0.29, 0.717) is 19.4 Å².